The van der Waals surface area contributed by atoms with Gasteiger partial charge in [0.25, 0.3) is 0 Å². The first-order valence-electron chi connectivity index (χ1n) is 11.5. The summed E-state index contributed by atoms with van der Waals surface area (Å²) in [5.41, 5.74) is 2.27. The van der Waals surface area contributed by atoms with Gasteiger partial charge >= 0.3 is 5.97 Å². The number of aliphatic hydroxyl groups excluding tert-OH is 1. The van der Waals surface area contributed by atoms with E-state index in [1.54, 1.807) is 31.4 Å². The van der Waals surface area contributed by atoms with Gasteiger partial charge in [0.15, 0.2) is 12.4 Å². The third-order valence-electron chi connectivity index (χ3n) is 5.76. The molecule has 0 amide bonds. The lowest BCUT2D eigenvalue weighted by molar-refractivity contribution is -0.305. The molecule has 0 aromatic heterocycles. The van der Waals surface area contributed by atoms with Crippen LogP contribution < -0.4 is 0 Å². The molecule has 0 aliphatic carbocycles. The fourth-order valence-electron chi connectivity index (χ4n) is 4.01. The molecule has 0 bridgehead atoms. The molecular formula is C28H30O7. The van der Waals surface area contributed by atoms with Crippen molar-refractivity contribution in [2.24, 2.45) is 0 Å². The molecule has 1 aliphatic rings. The van der Waals surface area contributed by atoms with E-state index in [1.807, 2.05) is 66.7 Å². The lowest BCUT2D eigenvalue weighted by Crippen LogP contribution is -2.61. The molecule has 0 saturated carbocycles. The van der Waals surface area contributed by atoms with Crippen molar-refractivity contribution in [3.05, 3.63) is 108 Å². The van der Waals surface area contributed by atoms with Gasteiger partial charge in [0.2, 0.25) is 0 Å². The Kier molecular flexibility index (Phi) is 9.00. The average molecular weight is 479 g/mol. The minimum atomic E-state index is -1.42. The number of aliphatic hydroxyl groups is 1. The number of carbonyl (C=O) groups excluding carboxylic acids is 1. The normalized spacial score (nSPS) is 24.1. The topological polar surface area (TPSA) is 83.5 Å². The van der Waals surface area contributed by atoms with E-state index in [-0.39, 0.29) is 19.8 Å². The Balaban J connectivity index is 1.59. The summed E-state index contributed by atoms with van der Waals surface area (Å²) in [5, 5.41) is 10.8. The second kappa shape index (κ2) is 12.6. The Morgan fingerprint density at radius 3 is 1.83 bits per heavy atom. The Hall–Kier alpha value is -3.07. The van der Waals surface area contributed by atoms with Crippen molar-refractivity contribution in [2.75, 3.05) is 13.7 Å². The van der Waals surface area contributed by atoms with E-state index >= 15 is 0 Å². The first kappa shape index (κ1) is 25.0. The van der Waals surface area contributed by atoms with Gasteiger partial charge in [-0.1, -0.05) is 78.9 Å². The highest BCUT2D eigenvalue weighted by Gasteiger charge is 2.49. The van der Waals surface area contributed by atoms with Crippen LogP contribution in [0.15, 0.2) is 91.0 Å². The molecule has 4 rings (SSSR count). The molecule has 1 saturated heterocycles. The molecule has 1 heterocycles. The summed E-state index contributed by atoms with van der Waals surface area (Å²) in [6.45, 7) is 0.694. The van der Waals surface area contributed by atoms with Crippen LogP contribution >= 0.6 is 0 Å². The molecule has 1 fully saturated rings. The van der Waals surface area contributed by atoms with Crippen molar-refractivity contribution in [1.29, 1.82) is 0 Å². The van der Waals surface area contributed by atoms with E-state index in [1.165, 1.54) is 0 Å². The van der Waals surface area contributed by atoms with E-state index in [0.29, 0.717) is 5.56 Å². The van der Waals surface area contributed by atoms with Crippen LogP contribution in [-0.2, 0) is 36.9 Å². The maximum atomic E-state index is 12.9. The number of hydrogen-bond acceptors (Lipinski definition) is 7. The van der Waals surface area contributed by atoms with Crippen molar-refractivity contribution in [2.45, 2.75) is 43.9 Å². The molecule has 35 heavy (non-hydrogen) atoms. The number of carbonyl (C=O) groups is 1. The minimum Gasteiger partial charge on any atom is -0.450 e. The van der Waals surface area contributed by atoms with Crippen molar-refractivity contribution in [3.63, 3.8) is 0 Å². The quantitative estimate of drug-likeness (QED) is 0.445. The molecule has 1 aliphatic heterocycles. The van der Waals surface area contributed by atoms with E-state index in [0.717, 1.165) is 11.1 Å². The molecule has 3 aromatic rings. The largest absolute Gasteiger partial charge is 0.450 e. The van der Waals surface area contributed by atoms with Crippen molar-refractivity contribution in [1.82, 2.24) is 0 Å². The van der Waals surface area contributed by atoms with E-state index in [9.17, 15) is 9.90 Å². The van der Waals surface area contributed by atoms with Crippen LogP contribution in [-0.4, -0.2) is 55.5 Å². The van der Waals surface area contributed by atoms with Crippen molar-refractivity contribution >= 4 is 5.97 Å². The van der Waals surface area contributed by atoms with Gasteiger partial charge in [0.05, 0.1) is 25.4 Å². The Morgan fingerprint density at radius 2 is 1.29 bits per heavy atom. The number of hydrogen-bond donors (Lipinski definition) is 1. The van der Waals surface area contributed by atoms with Crippen LogP contribution in [0.1, 0.15) is 21.5 Å². The molecular weight excluding hydrogens is 448 g/mol. The highest BCUT2D eigenvalue weighted by molar-refractivity contribution is 5.89. The van der Waals surface area contributed by atoms with Gasteiger partial charge in [-0.2, -0.15) is 0 Å². The average Bonchev–Trinajstić information content (AvgIpc) is 2.90. The van der Waals surface area contributed by atoms with E-state index in [2.05, 4.69) is 0 Å². The van der Waals surface area contributed by atoms with E-state index < -0.39 is 36.7 Å². The minimum absolute atomic E-state index is 0.168. The Bertz CT molecular complexity index is 1030. The van der Waals surface area contributed by atoms with Gasteiger partial charge < -0.3 is 28.8 Å². The number of ether oxygens (including phenoxy) is 5. The lowest BCUT2D eigenvalue weighted by atomic mass is 9.98. The molecule has 0 spiro atoms. The van der Waals surface area contributed by atoms with Crippen LogP contribution in [0.4, 0.5) is 0 Å². The molecule has 5 atom stereocenters. The van der Waals surface area contributed by atoms with E-state index in [4.69, 9.17) is 23.7 Å². The zero-order valence-corrected chi connectivity index (χ0v) is 19.6. The standard InChI is InChI=1S/C28H30O7/c1-31-19-23-24(32-17-20-11-5-2-6-12-20)25(33-18-21-13-7-3-8-14-21)26(28(30)34-23)35-27(29)22-15-9-4-10-16-22/h2-16,23-26,28,30H,17-19H2,1H3/t23-,24-,25+,26-,28+/m1/s1. The summed E-state index contributed by atoms with van der Waals surface area (Å²) < 4.78 is 29.4. The molecule has 7 heteroatoms. The Morgan fingerprint density at radius 1 is 0.771 bits per heavy atom. The van der Waals surface area contributed by atoms with Crippen LogP contribution in [0.2, 0.25) is 0 Å². The fourth-order valence-corrected chi connectivity index (χ4v) is 4.01. The van der Waals surface area contributed by atoms with Gasteiger partial charge in [-0.3, -0.25) is 0 Å². The highest BCUT2D eigenvalue weighted by Crippen LogP contribution is 2.29. The van der Waals surface area contributed by atoms with Gasteiger partial charge in [-0.05, 0) is 23.3 Å². The predicted molar refractivity (Wildman–Crippen MR) is 128 cm³/mol. The summed E-state index contributed by atoms with van der Waals surface area (Å²) in [6.07, 6.45) is -4.64. The number of methoxy groups -OCH3 is 1. The summed E-state index contributed by atoms with van der Waals surface area (Å²) in [4.78, 5) is 12.9. The lowest BCUT2D eigenvalue weighted by Gasteiger charge is -2.43. The van der Waals surface area contributed by atoms with Crippen LogP contribution in [0.25, 0.3) is 0 Å². The fraction of sp³-hybridized carbons (Fsp3) is 0.321. The third kappa shape index (κ3) is 6.75. The maximum Gasteiger partial charge on any atom is 0.338 e. The number of rotatable bonds is 10. The van der Waals surface area contributed by atoms with Gasteiger partial charge in [-0.25, -0.2) is 4.79 Å². The van der Waals surface area contributed by atoms with Crippen molar-refractivity contribution < 1.29 is 33.6 Å². The summed E-state index contributed by atoms with van der Waals surface area (Å²) in [5.74, 6) is -0.585. The molecule has 184 valence electrons. The van der Waals surface area contributed by atoms with Gasteiger partial charge in [0, 0.05) is 7.11 Å². The smallest absolute Gasteiger partial charge is 0.338 e. The zero-order chi connectivity index (χ0) is 24.5. The maximum absolute atomic E-state index is 12.9. The van der Waals surface area contributed by atoms with Gasteiger partial charge in [0.1, 0.15) is 18.3 Å². The number of esters is 1. The molecule has 0 radical (unpaired) electrons. The summed E-state index contributed by atoms with van der Waals surface area (Å²) in [6, 6.07) is 27.9. The molecule has 0 unspecified atom stereocenters. The third-order valence-corrected chi connectivity index (χ3v) is 5.76. The molecule has 7 nitrogen and oxygen atoms in total. The highest BCUT2D eigenvalue weighted by atomic mass is 16.7. The second-order valence-electron chi connectivity index (χ2n) is 8.28. The zero-order valence-electron chi connectivity index (χ0n) is 19.6. The first-order valence-corrected chi connectivity index (χ1v) is 11.5. The molecule has 1 N–H and O–H groups in total. The van der Waals surface area contributed by atoms with Crippen LogP contribution in [0.5, 0.6) is 0 Å². The SMILES string of the molecule is COC[C@H]1O[C@H](O)[C@H](OC(=O)c2ccccc2)[C@@H](OCc2ccccc2)[C@@H]1OCc1ccccc1. The van der Waals surface area contributed by atoms with Crippen LogP contribution in [0, 0.1) is 0 Å². The monoisotopic (exact) mass is 478 g/mol. The van der Waals surface area contributed by atoms with Crippen LogP contribution in [0.3, 0.4) is 0 Å². The summed E-state index contributed by atoms with van der Waals surface area (Å²) >= 11 is 0. The second-order valence-corrected chi connectivity index (χ2v) is 8.28. The predicted octanol–water partition coefficient (Wildman–Crippen LogP) is 3.75. The summed E-state index contributed by atoms with van der Waals surface area (Å²) in [7, 11) is 1.55. The first-order chi connectivity index (χ1) is 17.2. The van der Waals surface area contributed by atoms with Crippen molar-refractivity contribution in [3.8, 4) is 0 Å². The Labute approximate surface area is 205 Å². The molecule has 3 aromatic carbocycles. The number of benzene rings is 3. The van der Waals surface area contributed by atoms with Gasteiger partial charge in [-0.15, -0.1) is 0 Å².